The molecule has 66 valence electrons. The zero-order valence-electron chi connectivity index (χ0n) is 6.96. The van der Waals surface area contributed by atoms with Crippen LogP contribution in [0.4, 0.5) is 0 Å². The van der Waals surface area contributed by atoms with Crippen molar-refractivity contribution in [2.75, 3.05) is 0 Å². The maximum absolute atomic E-state index is 5.40. The molecule has 0 radical (unpaired) electrons. The van der Waals surface area contributed by atoms with Crippen LogP contribution in [0.2, 0.25) is 0 Å². The average Bonchev–Trinajstić information content (AvgIpc) is 2.71. The third-order valence-electron chi connectivity index (χ3n) is 1.68. The van der Waals surface area contributed by atoms with Gasteiger partial charge >= 0.3 is 0 Å². The number of rotatable bonds is 2. The lowest BCUT2D eigenvalue weighted by Crippen LogP contribution is -2.03. The summed E-state index contributed by atoms with van der Waals surface area (Å²) < 4.78 is 1.79. The lowest BCUT2D eigenvalue weighted by molar-refractivity contribution is 0.852. The van der Waals surface area contributed by atoms with E-state index in [2.05, 4.69) is 15.2 Å². The van der Waals surface area contributed by atoms with Crippen molar-refractivity contribution in [1.29, 1.82) is 0 Å². The molecule has 0 aliphatic rings. The van der Waals surface area contributed by atoms with Crippen molar-refractivity contribution < 1.29 is 0 Å². The summed E-state index contributed by atoms with van der Waals surface area (Å²) in [6, 6.07) is 3.71. The molecule has 0 aromatic carbocycles. The predicted octanol–water partition coefficient (Wildman–Crippen LogP) is 0.121. The second kappa shape index (κ2) is 3.32. The molecule has 0 aliphatic carbocycles. The van der Waals surface area contributed by atoms with Crippen molar-refractivity contribution >= 4 is 0 Å². The Kier molecular flexibility index (Phi) is 2.01. The van der Waals surface area contributed by atoms with Gasteiger partial charge in [-0.25, -0.2) is 4.98 Å². The molecule has 0 bridgehead atoms. The summed E-state index contributed by atoms with van der Waals surface area (Å²) in [6.07, 6.45) is 5.18. The van der Waals surface area contributed by atoms with Crippen LogP contribution < -0.4 is 5.73 Å². The fourth-order valence-electron chi connectivity index (χ4n) is 0.994. The Morgan fingerprint density at radius 3 is 2.77 bits per heavy atom. The minimum absolute atomic E-state index is 0.414. The summed E-state index contributed by atoms with van der Waals surface area (Å²) in [5, 5.41) is 7.91. The highest BCUT2D eigenvalue weighted by atomic mass is 15.2. The number of nitrogens with two attached hydrogens (primary N) is 1. The largest absolute Gasteiger partial charge is 0.325 e. The molecule has 0 atom stereocenters. The molecule has 0 aliphatic heterocycles. The van der Waals surface area contributed by atoms with Crippen LogP contribution >= 0.6 is 0 Å². The van der Waals surface area contributed by atoms with Crippen molar-refractivity contribution in [3.05, 3.63) is 36.5 Å². The van der Waals surface area contributed by atoms with E-state index in [4.69, 9.17) is 5.73 Å². The van der Waals surface area contributed by atoms with Crippen LogP contribution in [-0.2, 0) is 6.54 Å². The molecule has 0 amide bonds. The third kappa shape index (κ3) is 1.54. The van der Waals surface area contributed by atoms with Gasteiger partial charge in [0.1, 0.15) is 6.33 Å². The first kappa shape index (κ1) is 7.88. The molecule has 2 aromatic rings. The van der Waals surface area contributed by atoms with E-state index in [1.807, 2.05) is 18.3 Å². The highest BCUT2D eigenvalue weighted by Gasteiger charge is 1.97. The van der Waals surface area contributed by atoms with Crippen LogP contribution in [0.1, 0.15) is 5.69 Å². The van der Waals surface area contributed by atoms with Crippen LogP contribution in [-0.4, -0.2) is 19.7 Å². The topological polar surface area (TPSA) is 69.6 Å². The smallest absolute Gasteiger partial charge is 0.160 e. The number of hydrogen-bond donors (Lipinski definition) is 1. The van der Waals surface area contributed by atoms with Gasteiger partial charge in [-0.15, -0.1) is 5.10 Å². The molecular formula is C8H9N5. The molecule has 5 heteroatoms. The molecule has 0 unspecified atom stereocenters. The standard InChI is InChI=1S/C8H9N5/c9-5-7-1-2-8(12-11-7)13-4-3-10-6-13/h1-4,6H,5,9H2. The number of hydrogen-bond acceptors (Lipinski definition) is 4. The maximum atomic E-state index is 5.40. The Bertz CT molecular complexity index is 364. The van der Waals surface area contributed by atoms with Crippen LogP contribution in [0.15, 0.2) is 30.9 Å². The van der Waals surface area contributed by atoms with E-state index < -0.39 is 0 Å². The van der Waals surface area contributed by atoms with Crippen LogP contribution in [0.3, 0.4) is 0 Å². The zero-order valence-corrected chi connectivity index (χ0v) is 6.96. The molecule has 0 fully saturated rings. The molecule has 0 spiro atoms. The average molecular weight is 175 g/mol. The molecule has 2 aromatic heterocycles. The van der Waals surface area contributed by atoms with Gasteiger partial charge in [-0.2, -0.15) is 5.10 Å². The van der Waals surface area contributed by atoms with Gasteiger partial charge in [0.15, 0.2) is 5.82 Å². The molecule has 2 heterocycles. The van der Waals surface area contributed by atoms with Gasteiger partial charge in [0.25, 0.3) is 0 Å². The van der Waals surface area contributed by atoms with E-state index >= 15 is 0 Å². The molecule has 2 N–H and O–H groups in total. The van der Waals surface area contributed by atoms with E-state index in [1.165, 1.54) is 0 Å². The first-order valence-electron chi connectivity index (χ1n) is 3.91. The fraction of sp³-hybridized carbons (Fsp3) is 0.125. The lowest BCUT2D eigenvalue weighted by atomic mass is 10.4. The van der Waals surface area contributed by atoms with E-state index in [0.717, 1.165) is 11.5 Å². The van der Waals surface area contributed by atoms with Gasteiger partial charge in [0.2, 0.25) is 0 Å². The second-order valence-electron chi connectivity index (χ2n) is 2.56. The Labute approximate surface area is 75.2 Å². The van der Waals surface area contributed by atoms with Gasteiger partial charge in [0.05, 0.1) is 5.69 Å². The van der Waals surface area contributed by atoms with E-state index in [9.17, 15) is 0 Å². The quantitative estimate of drug-likeness (QED) is 0.703. The summed E-state index contributed by atoms with van der Waals surface area (Å²) in [5.74, 6) is 0.745. The Balaban J connectivity index is 2.33. The highest BCUT2D eigenvalue weighted by molar-refractivity contribution is 5.21. The summed E-state index contributed by atoms with van der Waals surface area (Å²) in [5.41, 5.74) is 6.18. The van der Waals surface area contributed by atoms with Crippen LogP contribution in [0.25, 0.3) is 5.82 Å². The minimum atomic E-state index is 0.414. The number of imidazole rings is 1. The Morgan fingerprint density at radius 2 is 2.23 bits per heavy atom. The summed E-state index contributed by atoms with van der Waals surface area (Å²) >= 11 is 0. The Morgan fingerprint density at radius 1 is 1.31 bits per heavy atom. The summed E-state index contributed by atoms with van der Waals surface area (Å²) in [4.78, 5) is 3.91. The number of nitrogens with zero attached hydrogens (tertiary/aromatic N) is 4. The van der Waals surface area contributed by atoms with Crippen molar-refractivity contribution in [1.82, 2.24) is 19.7 Å². The first-order valence-corrected chi connectivity index (χ1v) is 3.91. The lowest BCUT2D eigenvalue weighted by Gasteiger charge is -1.99. The van der Waals surface area contributed by atoms with Gasteiger partial charge < -0.3 is 5.73 Å². The maximum Gasteiger partial charge on any atom is 0.160 e. The minimum Gasteiger partial charge on any atom is -0.325 e. The van der Waals surface area contributed by atoms with Crippen molar-refractivity contribution in [3.63, 3.8) is 0 Å². The molecular weight excluding hydrogens is 166 g/mol. The molecule has 0 saturated carbocycles. The predicted molar refractivity (Wildman–Crippen MR) is 47.0 cm³/mol. The SMILES string of the molecule is NCc1ccc(-n2ccnc2)nn1. The third-order valence-corrected chi connectivity index (χ3v) is 1.68. The second-order valence-corrected chi connectivity index (χ2v) is 2.56. The summed E-state index contributed by atoms with van der Waals surface area (Å²) in [6.45, 7) is 0.414. The van der Waals surface area contributed by atoms with Gasteiger partial charge in [-0.05, 0) is 12.1 Å². The normalized spacial score (nSPS) is 10.2. The van der Waals surface area contributed by atoms with Crippen molar-refractivity contribution in [2.24, 2.45) is 5.73 Å². The van der Waals surface area contributed by atoms with Gasteiger partial charge in [-0.1, -0.05) is 0 Å². The van der Waals surface area contributed by atoms with E-state index in [1.54, 1.807) is 17.1 Å². The van der Waals surface area contributed by atoms with Gasteiger partial charge in [0, 0.05) is 18.9 Å². The number of aromatic nitrogens is 4. The first-order chi connectivity index (χ1) is 6.40. The fourth-order valence-corrected chi connectivity index (χ4v) is 0.994. The van der Waals surface area contributed by atoms with E-state index in [-0.39, 0.29) is 0 Å². The molecule has 0 saturated heterocycles. The highest BCUT2D eigenvalue weighted by Crippen LogP contribution is 2.01. The zero-order chi connectivity index (χ0) is 9.10. The molecule has 13 heavy (non-hydrogen) atoms. The molecule has 5 nitrogen and oxygen atoms in total. The van der Waals surface area contributed by atoms with Crippen LogP contribution in [0, 0.1) is 0 Å². The summed E-state index contributed by atoms with van der Waals surface area (Å²) in [7, 11) is 0. The van der Waals surface area contributed by atoms with Gasteiger partial charge in [-0.3, -0.25) is 4.57 Å². The van der Waals surface area contributed by atoms with Crippen molar-refractivity contribution in [3.8, 4) is 5.82 Å². The monoisotopic (exact) mass is 175 g/mol. The Hall–Kier alpha value is -1.75. The van der Waals surface area contributed by atoms with E-state index in [0.29, 0.717) is 6.54 Å². The molecule has 2 rings (SSSR count). The van der Waals surface area contributed by atoms with Crippen LogP contribution in [0.5, 0.6) is 0 Å². The van der Waals surface area contributed by atoms with Crippen molar-refractivity contribution in [2.45, 2.75) is 6.54 Å².